The lowest BCUT2D eigenvalue weighted by molar-refractivity contribution is 0.0945. The third-order valence-corrected chi connectivity index (χ3v) is 7.83. The fraction of sp³-hybridized carbons (Fsp3) is 0.105. The molecule has 4 aromatic rings. The Kier molecular flexibility index (Phi) is 7.68. The highest BCUT2D eigenvalue weighted by Crippen LogP contribution is 2.26. The van der Waals surface area contributed by atoms with Gasteiger partial charge in [-0.25, -0.2) is 0 Å². The Bertz CT molecular complexity index is 1790. The summed E-state index contributed by atoms with van der Waals surface area (Å²) in [5.74, 6) is -0.0568. The SMILES string of the molecule is C1=CC=CNC=C1.O=C(c1ccccc1)c1ccc(C(=O)C2C=c3c(ccc4c3=CCc3ccccc3-4)CC2)cc1. The van der Waals surface area contributed by atoms with Crippen LogP contribution in [-0.2, 0) is 12.8 Å². The van der Waals surface area contributed by atoms with Crippen LogP contribution in [0.4, 0.5) is 0 Å². The maximum absolute atomic E-state index is 13.4. The molecule has 3 nitrogen and oxygen atoms in total. The van der Waals surface area contributed by atoms with Gasteiger partial charge in [0.15, 0.2) is 11.6 Å². The second-order valence-electron chi connectivity index (χ2n) is 10.4. The lowest BCUT2D eigenvalue weighted by atomic mass is 9.82. The number of ketones is 2. The molecule has 0 amide bonds. The van der Waals surface area contributed by atoms with Crippen LogP contribution in [0.2, 0.25) is 0 Å². The first kappa shape index (κ1) is 26.2. The molecular formula is C38H31NO2. The molecule has 7 rings (SSSR count). The highest BCUT2D eigenvalue weighted by molar-refractivity contribution is 6.09. The molecule has 1 heterocycles. The van der Waals surface area contributed by atoms with Gasteiger partial charge in [-0.3, -0.25) is 9.59 Å². The molecule has 0 saturated carbocycles. The topological polar surface area (TPSA) is 46.2 Å². The van der Waals surface area contributed by atoms with E-state index in [-0.39, 0.29) is 17.5 Å². The molecule has 0 bridgehead atoms. The monoisotopic (exact) mass is 533 g/mol. The average Bonchev–Trinajstić information content (AvgIpc) is 3.38. The summed E-state index contributed by atoms with van der Waals surface area (Å²) in [6.07, 6.45) is 18.7. The number of allylic oxidation sites excluding steroid dienone is 4. The summed E-state index contributed by atoms with van der Waals surface area (Å²) < 4.78 is 0. The van der Waals surface area contributed by atoms with Crippen molar-refractivity contribution >= 4 is 23.7 Å². The number of aryl methyl sites for hydroxylation is 1. The number of carbonyl (C=O) groups is 2. The molecule has 4 aromatic carbocycles. The number of carbonyl (C=O) groups excluding carboxylic acids is 2. The molecule has 3 aliphatic rings. The number of Topliss-reactive ketones (excluding diaryl/α,β-unsaturated/α-hetero) is 1. The van der Waals surface area contributed by atoms with Crippen LogP contribution >= 0.6 is 0 Å². The van der Waals surface area contributed by atoms with Crippen molar-refractivity contribution in [2.24, 2.45) is 5.92 Å². The van der Waals surface area contributed by atoms with Crippen molar-refractivity contribution in [3.63, 3.8) is 0 Å². The van der Waals surface area contributed by atoms with Gasteiger partial charge in [-0.2, -0.15) is 0 Å². The van der Waals surface area contributed by atoms with Crippen LogP contribution in [0.15, 0.2) is 128 Å². The Morgan fingerprint density at radius 1 is 0.610 bits per heavy atom. The Balaban J connectivity index is 0.000000380. The van der Waals surface area contributed by atoms with Crippen LogP contribution in [0.1, 0.15) is 43.8 Å². The fourth-order valence-electron chi connectivity index (χ4n) is 5.69. The van der Waals surface area contributed by atoms with Gasteiger partial charge in [-0.05, 0) is 64.1 Å². The smallest absolute Gasteiger partial charge is 0.193 e. The second-order valence-corrected chi connectivity index (χ2v) is 10.4. The van der Waals surface area contributed by atoms with E-state index in [0.717, 1.165) is 19.3 Å². The van der Waals surface area contributed by atoms with Crippen LogP contribution in [0.5, 0.6) is 0 Å². The maximum atomic E-state index is 13.4. The van der Waals surface area contributed by atoms with Crippen molar-refractivity contribution in [2.75, 3.05) is 0 Å². The van der Waals surface area contributed by atoms with Gasteiger partial charge in [0.1, 0.15) is 0 Å². The predicted molar refractivity (Wildman–Crippen MR) is 167 cm³/mol. The molecule has 0 fully saturated rings. The van der Waals surface area contributed by atoms with Gasteiger partial charge in [0.25, 0.3) is 0 Å². The summed E-state index contributed by atoms with van der Waals surface area (Å²) in [4.78, 5) is 26.1. The van der Waals surface area contributed by atoms with Crippen molar-refractivity contribution in [3.05, 3.63) is 166 Å². The quantitative estimate of drug-likeness (QED) is 0.312. The van der Waals surface area contributed by atoms with E-state index in [0.29, 0.717) is 16.7 Å². The average molecular weight is 534 g/mol. The van der Waals surface area contributed by atoms with Crippen LogP contribution in [-0.4, -0.2) is 11.6 Å². The molecule has 0 saturated heterocycles. The Labute approximate surface area is 240 Å². The van der Waals surface area contributed by atoms with E-state index in [1.54, 1.807) is 24.3 Å². The lowest BCUT2D eigenvalue weighted by Gasteiger charge is -2.21. The van der Waals surface area contributed by atoms with Gasteiger partial charge in [0, 0.05) is 35.0 Å². The molecule has 0 aromatic heterocycles. The summed E-state index contributed by atoms with van der Waals surface area (Å²) >= 11 is 0. The standard InChI is InChI=1S/C32H24O2.C6H7N/c33-31(23-7-2-1-3-8-23)24-11-13-25(14-12-24)32(34)26-15-10-22-17-18-28-27-9-5-4-6-21(27)16-19-29(28)30(22)20-26;1-2-4-6-7-5-3-1/h1-9,11-14,17-20,26H,10,15-16H2;1-7H. The van der Waals surface area contributed by atoms with Crippen molar-refractivity contribution in [3.8, 4) is 11.1 Å². The van der Waals surface area contributed by atoms with Crippen LogP contribution in [0.25, 0.3) is 23.3 Å². The number of rotatable bonds is 4. The zero-order valence-electron chi connectivity index (χ0n) is 22.8. The van der Waals surface area contributed by atoms with Gasteiger partial charge >= 0.3 is 0 Å². The number of nitrogens with one attached hydrogen (secondary N) is 1. The molecule has 1 aliphatic heterocycles. The summed E-state index contributed by atoms with van der Waals surface area (Å²) in [5.41, 5.74) is 7.14. The summed E-state index contributed by atoms with van der Waals surface area (Å²) in [5, 5.41) is 5.40. The fourth-order valence-corrected chi connectivity index (χ4v) is 5.69. The van der Waals surface area contributed by atoms with E-state index in [4.69, 9.17) is 0 Å². The largest absolute Gasteiger partial charge is 0.368 e. The zero-order valence-corrected chi connectivity index (χ0v) is 22.8. The number of hydrogen-bond donors (Lipinski definition) is 1. The van der Waals surface area contributed by atoms with Crippen LogP contribution < -0.4 is 15.8 Å². The Morgan fingerprint density at radius 2 is 1.29 bits per heavy atom. The first-order valence-corrected chi connectivity index (χ1v) is 14.1. The highest BCUT2D eigenvalue weighted by atomic mass is 16.1. The van der Waals surface area contributed by atoms with Crippen molar-refractivity contribution < 1.29 is 9.59 Å². The van der Waals surface area contributed by atoms with Crippen LogP contribution in [0.3, 0.4) is 0 Å². The Morgan fingerprint density at radius 3 is 2.07 bits per heavy atom. The number of benzene rings is 4. The van der Waals surface area contributed by atoms with Gasteiger partial charge in [-0.1, -0.05) is 115 Å². The Hall–Kier alpha value is -5.02. The molecule has 1 atom stereocenters. The minimum atomic E-state index is -0.153. The van der Waals surface area contributed by atoms with Gasteiger partial charge < -0.3 is 5.32 Å². The number of hydrogen-bond acceptors (Lipinski definition) is 3. The molecule has 41 heavy (non-hydrogen) atoms. The lowest BCUT2D eigenvalue weighted by Crippen LogP contribution is -2.37. The van der Waals surface area contributed by atoms with E-state index < -0.39 is 0 Å². The first-order valence-electron chi connectivity index (χ1n) is 14.1. The molecule has 0 spiro atoms. The normalized spacial score (nSPS) is 15.8. The third-order valence-electron chi connectivity index (χ3n) is 7.83. The number of fused-ring (bicyclic) bond motifs is 5. The molecule has 2 aliphatic carbocycles. The highest BCUT2D eigenvalue weighted by Gasteiger charge is 2.23. The van der Waals surface area contributed by atoms with Gasteiger partial charge in [0.2, 0.25) is 0 Å². The van der Waals surface area contributed by atoms with Crippen molar-refractivity contribution in [1.82, 2.24) is 5.32 Å². The van der Waals surface area contributed by atoms with Crippen molar-refractivity contribution in [2.45, 2.75) is 19.3 Å². The first-order chi connectivity index (χ1) is 20.2. The summed E-state index contributed by atoms with van der Waals surface area (Å²) in [6, 6.07) is 29.4. The van der Waals surface area contributed by atoms with Crippen LogP contribution in [0, 0.1) is 5.92 Å². The summed E-state index contributed by atoms with van der Waals surface area (Å²) in [7, 11) is 0. The predicted octanol–water partition coefficient (Wildman–Crippen LogP) is 6.32. The molecule has 1 N–H and O–H groups in total. The maximum Gasteiger partial charge on any atom is 0.193 e. The minimum absolute atomic E-state index is 0.0276. The second kappa shape index (κ2) is 12.0. The zero-order chi connectivity index (χ0) is 28.0. The van der Waals surface area contributed by atoms with E-state index in [1.807, 2.05) is 67.0 Å². The van der Waals surface area contributed by atoms with E-state index >= 15 is 0 Å². The third kappa shape index (κ3) is 5.66. The molecular weight excluding hydrogens is 502 g/mol. The van der Waals surface area contributed by atoms with E-state index in [9.17, 15) is 9.59 Å². The molecule has 200 valence electrons. The van der Waals surface area contributed by atoms with Gasteiger partial charge in [-0.15, -0.1) is 0 Å². The summed E-state index contributed by atoms with van der Waals surface area (Å²) in [6.45, 7) is 0. The van der Waals surface area contributed by atoms with E-state index in [1.165, 1.54) is 32.7 Å². The molecule has 0 radical (unpaired) electrons. The van der Waals surface area contributed by atoms with Gasteiger partial charge in [0.05, 0.1) is 0 Å². The van der Waals surface area contributed by atoms with E-state index in [2.05, 4.69) is 53.9 Å². The molecule has 1 unspecified atom stereocenters. The molecule has 3 heteroatoms. The van der Waals surface area contributed by atoms with Crippen molar-refractivity contribution in [1.29, 1.82) is 0 Å². The minimum Gasteiger partial charge on any atom is -0.368 e.